The summed E-state index contributed by atoms with van der Waals surface area (Å²) in [5, 5.41) is 9.91. The van der Waals surface area contributed by atoms with Gasteiger partial charge in [0.15, 0.2) is 5.69 Å². The van der Waals surface area contributed by atoms with Crippen LogP contribution >= 0.6 is 0 Å². The largest absolute Gasteiger partial charge is 0.383 e. The van der Waals surface area contributed by atoms with E-state index in [0.717, 1.165) is 18.6 Å². The Morgan fingerprint density at radius 2 is 2.12 bits per heavy atom. The predicted molar refractivity (Wildman–Crippen MR) is 117 cm³/mol. The van der Waals surface area contributed by atoms with E-state index >= 15 is 0 Å². The average Bonchev–Trinajstić information content (AvgIpc) is 3.50. The summed E-state index contributed by atoms with van der Waals surface area (Å²) in [4.78, 5) is 16.9. The summed E-state index contributed by atoms with van der Waals surface area (Å²) >= 11 is 0. The van der Waals surface area contributed by atoms with Gasteiger partial charge in [0.25, 0.3) is 5.91 Å². The van der Waals surface area contributed by atoms with E-state index in [1.165, 1.54) is 10.5 Å². The van der Waals surface area contributed by atoms with Crippen LogP contribution in [0.15, 0.2) is 33.8 Å². The zero-order valence-electron chi connectivity index (χ0n) is 18.3. The van der Waals surface area contributed by atoms with Crippen LogP contribution in [-0.2, 0) is 14.8 Å². The molecule has 1 aliphatic heterocycles. The fraction of sp³-hybridized carbons (Fsp3) is 0.571. The van der Waals surface area contributed by atoms with E-state index in [2.05, 4.69) is 20.8 Å². The number of hydrogen-bond acceptors (Lipinski definition) is 8. The van der Waals surface area contributed by atoms with Gasteiger partial charge in [0.1, 0.15) is 16.5 Å². The Morgan fingerprint density at radius 3 is 2.78 bits per heavy atom. The monoisotopic (exact) mass is 463 g/mol. The predicted octanol–water partition coefficient (Wildman–Crippen LogP) is 1.98. The highest BCUT2D eigenvalue weighted by Crippen LogP contribution is 2.40. The molecule has 32 heavy (non-hydrogen) atoms. The van der Waals surface area contributed by atoms with Crippen molar-refractivity contribution in [2.24, 2.45) is 0 Å². The van der Waals surface area contributed by atoms with Crippen molar-refractivity contribution < 1.29 is 22.5 Å². The van der Waals surface area contributed by atoms with Gasteiger partial charge in [-0.25, -0.2) is 13.4 Å². The minimum atomic E-state index is -3.68. The highest BCUT2D eigenvalue weighted by atomic mass is 32.2. The van der Waals surface area contributed by atoms with Crippen LogP contribution in [0.5, 0.6) is 0 Å². The van der Waals surface area contributed by atoms with Gasteiger partial charge < -0.3 is 19.9 Å². The Balaban J connectivity index is 1.34. The Kier molecular flexibility index (Phi) is 6.77. The lowest BCUT2D eigenvalue weighted by atomic mass is 10.0. The lowest BCUT2D eigenvalue weighted by molar-refractivity contribution is 0.0905. The van der Waals surface area contributed by atoms with Crippen molar-refractivity contribution in [3.8, 4) is 0 Å². The number of piperidine rings is 1. The second-order valence-corrected chi connectivity index (χ2v) is 10.2. The standard InChI is InChI=1S/C21H29N5O5S/c1-14-11-16(24-21(27)18-12-19(31-25-18)15-3-4-15)7-9-26(14)32(28,29)17-5-6-20(23-13-17)22-8-10-30-2/h5-6,12-16H,3-4,7-11H2,1-2H3,(H,22,23)(H,24,27)/t14-,16+/m1/s1. The van der Waals surface area contributed by atoms with Crippen molar-refractivity contribution in [3.05, 3.63) is 35.9 Å². The Morgan fingerprint density at radius 1 is 1.31 bits per heavy atom. The number of ether oxygens (including phenoxy) is 1. The van der Waals surface area contributed by atoms with Crippen LogP contribution in [-0.4, -0.2) is 67.7 Å². The number of hydrogen-bond donors (Lipinski definition) is 2. The van der Waals surface area contributed by atoms with Gasteiger partial charge >= 0.3 is 0 Å². The van der Waals surface area contributed by atoms with Gasteiger partial charge in [-0.15, -0.1) is 0 Å². The van der Waals surface area contributed by atoms with Crippen molar-refractivity contribution in [3.63, 3.8) is 0 Å². The molecule has 2 fully saturated rings. The fourth-order valence-corrected chi connectivity index (χ4v) is 5.51. The number of amides is 1. The molecule has 1 saturated carbocycles. The molecule has 1 amide bonds. The lowest BCUT2D eigenvalue weighted by Crippen LogP contribution is -2.50. The van der Waals surface area contributed by atoms with E-state index in [0.29, 0.717) is 44.3 Å². The van der Waals surface area contributed by atoms with Gasteiger partial charge in [-0.1, -0.05) is 5.16 Å². The van der Waals surface area contributed by atoms with Crippen molar-refractivity contribution >= 4 is 21.7 Å². The smallest absolute Gasteiger partial charge is 0.273 e. The molecule has 2 aromatic rings. The molecule has 2 N–H and O–H groups in total. The van der Waals surface area contributed by atoms with Gasteiger partial charge in [0.2, 0.25) is 10.0 Å². The first-order valence-corrected chi connectivity index (χ1v) is 12.3. The van der Waals surface area contributed by atoms with E-state index in [9.17, 15) is 13.2 Å². The molecule has 1 saturated heterocycles. The zero-order chi connectivity index (χ0) is 22.7. The first kappa shape index (κ1) is 22.7. The highest BCUT2D eigenvalue weighted by molar-refractivity contribution is 7.89. The SMILES string of the molecule is COCCNc1ccc(S(=O)(=O)N2CC[C@H](NC(=O)c3cc(C4CC4)on3)C[C@H]2C)cn1. The molecule has 0 spiro atoms. The third-order valence-corrected chi connectivity index (χ3v) is 7.84. The molecule has 174 valence electrons. The minimum absolute atomic E-state index is 0.129. The van der Waals surface area contributed by atoms with Crippen LogP contribution < -0.4 is 10.6 Å². The van der Waals surface area contributed by atoms with Crippen molar-refractivity contribution in [1.29, 1.82) is 0 Å². The topological polar surface area (TPSA) is 127 Å². The van der Waals surface area contributed by atoms with E-state index in [-0.39, 0.29) is 28.6 Å². The molecule has 0 unspecified atom stereocenters. The number of sulfonamides is 1. The average molecular weight is 464 g/mol. The molecule has 0 radical (unpaired) electrons. The molecule has 2 atom stereocenters. The van der Waals surface area contributed by atoms with Crippen LogP contribution in [0.25, 0.3) is 0 Å². The Labute approximate surface area is 187 Å². The maximum atomic E-state index is 13.1. The van der Waals surface area contributed by atoms with Gasteiger partial charge in [-0.05, 0) is 44.7 Å². The van der Waals surface area contributed by atoms with E-state index in [1.807, 2.05) is 6.92 Å². The number of aromatic nitrogens is 2. The Bertz CT molecular complexity index is 1040. The van der Waals surface area contributed by atoms with Crippen molar-refractivity contribution in [1.82, 2.24) is 19.8 Å². The van der Waals surface area contributed by atoms with Gasteiger partial charge in [-0.3, -0.25) is 4.79 Å². The number of carbonyl (C=O) groups excluding carboxylic acids is 1. The molecule has 0 aromatic carbocycles. The number of methoxy groups -OCH3 is 1. The summed E-state index contributed by atoms with van der Waals surface area (Å²) in [5.41, 5.74) is 0.278. The molecule has 0 bridgehead atoms. The van der Waals surface area contributed by atoms with Crippen molar-refractivity contribution in [2.75, 3.05) is 32.1 Å². The van der Waals surface area contributed by atoms with Crippen molar-refractivity contribution in [2.45, 2.75) is 55.5 Å². The first-order chi connectivity index (χ1) is 15.4. The first-order valence-electron chi connectivity index (χ1n) is 10.9. The summed E-state index contributed by atoms with van der Waals surface area (Å²) in [6.45, 7) is 3.28. The third-order valence-electron chi connectivity index (χ3n) is 5.85. The molecule has 2 aliphatic rings. The second-order valence-electron chi connectivity index (χ2n) is 8.35. The Hall–Kier alpha value is -2.50. The van der Waals surface area contributed by atoms with Crippen LogP contribution in [0.3, 0.4) is 0 Å². The molecular formula is C21H29N5O5S. The molecule has 2 aromatic heterocycles. The summed E-state index contributed by atoms with van der Waals surface area (Å²) < 4.78 is 38.0. The number of pyridine rings is 1. The quantitative estimate of drug-likeness (QED) is 0.541. The molecule has 1 aliphatic carbocycles. The minimum Gasteiger partial charge on any atom is -0.383 e. The second kappa shape index (κ2) is 9.55. The maximum Gasteiger partial charge on any atom is 0.273 e. The van der Waals surface area contributed by atoms with Gasteiger partial charge in [0.05, 0.1) is 6.61 Å². The molecule has 4 rings (SSSR count). The van der Waals surface area contributed by atoms with E-state index in [1.54, 1.807) is 25.3 Å². The van der Waals surface area contributed by atoms with Crippen LogP contribution in [0.4, 0.5) is 5.82 Å². The number of nitrogens with one attached hydrogen (secondary N) is 2. The van der Waals surface area contributed by atoms with Crippen LogP contribution in [0.1, 0.15) is 54.8 Å². The molecule has 10 nitrogen and oxygen atoms in total. The third kappa shape index (κ3) is 5.11. The van der Waals surface area contributed by atoms with Crippen LogP contribution in [0.2, 0.25) is 0 Å². The van der Waals surface area contributed by atoms with Gasteiger partial charge in [-0.2, -0.15) is 4.31 Å². The number of nitrogens with zero attached hydrogens (tertiary/aromatic N) is 3. The van der Waals surface area contributed by atoms with Gasteiger partial charge in [0, 0.05) is 50.5 Å². The summed E-state index contributed by atoms with van der Waals surface area (Å²) in [7, 11) is -2.07. The highest BCUT2D eigenvalue weighted by Gasteiger charge is 2.36. The molecule has 3 heterocycles. The molecule has 11 heteroatoms. The lowest BCUT2D eigenvalue weighted by Gasteiger charge is -2.36. The zero-order valence-corrected chi connectivity index (χ0v) is 19.1. The fourth-order valence-electron chi connectivity index (χ4n) is 3.91. The van der Waals surface area contributed by atoms with E-state index in [4.69, 9.17) is 9.26 Å². The summed E-state index contributed by atoms with van der Waals surface area (Å²) in [6, 6.07) is 4.51. The summed E-state index contributed by atoms with van der Waals surface area (Å²) in [6.07, 6.45) is 4.55. The number of carbonyl (C=O) groups is 1. The summed E-state index contributed by atoms with van der Waals surface area (Å²) in [5.74, 6) is 1.46. The van der Waals surface area contributed by atoms with Crippen LogP contribution in [0, 0.1) is 0 Å². The van der Waals surface area contributed by atoms with E-state index < -0.39 is 10.0 Å². The number of anilines is 1. The molecular weight excluding hydrogens is 434 g/mol. The maximum absolute atomic E-state index is 13.1. The normalized spacial score (nSPS) is 21.9. The number of rotatable bonds is 9.